The topological polar surface area (TPSA) is 24.9 Å². The van der Waals surface area contributed by atoms with Crippen molar-refractivity contribution >= 4 is 11.3 Å². The number of aromatic nitrogens is 1. The minimum absolute atomic E-state index is 0.566. The molecular weight excluding hydrogens is 204 g/mol. The van der Waals surface area contributed by atoms with Crippen LogP contribution in [0.1, 0.15) is 41.8 Å². The third-order valence-corrected chi connectivity index (χ3v) is 4.06. The van der Waals surface area contributed by atoms with Crippen molar-refractivity contribution in [2.24, 2.45) is 5.92 Å². The van der Waals surface area contributed by atoms with Crippen molar-refractivity contribution in [1.82, 2.24) is 10.3 Å². The number of thiazole rings is 1. The zero-order valence-corrected chi connectivity index (χ0v) is 10.7. The first kappa shape index (κ1) is 11.1. The van der Waals surface area contributed by atoms with Crippen LogP contribution < -0.4 is 5.32 Å². The van der Waals surface area contributed by atoms with E-state index in [4.69, 9.17) is 4.98 Å². The Labute approximate surface area is 96.1 Å². The highest BCUT2D eigenvalue weighted by Crippen LogP contribution is 2.26. The molecule has 0 bridgehead atoms. The van der Waals surface area contributed by atoms with Gasteiger partial charge in [-0.25, -0.2) is 4.98 Å². The third-order valence-electron chi connectivity index (χ3n) is 3.05. The van der Waals surface area contributed by atoms with Gasteiger partial charge in [-0.15, -0.1) is 11.3 Å². The van der Waals surface area contributed by atoms with Crippen molar-refractivity contribution in [2.45, 2.75) is 39.5 Å². The highest BCUT2D eigenvalue weighted by Gasteiger charge is 2.18. The molecule has 1 aromatic heterocycles. The fraction of sp³-hybridized carbons (Fsp3) is 0.750. The quantitative estimate of drug-likeness (QED) is 0.854. The molecule has 1 aromatic rings. The zero-order valence-electron chi connectivity index (χ0n) is 9.84. The molecule has 3 heteroatoms. The monoisotopic (exact) mass is 224 g/mol. The number of aryl methyl sites for hydroxylation is 1. The van der Waals surface area contributed by atoms with Crippen LogP contribution in [0.25, 0.3) is 0 Å². The van der Waals surface area contributed by atoms with E-state index in [0.717, 1.165) is 5.92 Å². The van der Waals surface area contributed by atoms with Gasteiger partial charge in [0.1, 0.15) is 0 Å². The summed E-state index contributed by atoms with van der Waals surface area (Å²) in [5, 5.41) is 4.75. The number of nitrogens with one attached hydrogen (secondary N) is 1. The van der Waals surface area contributed by atoms with Gasteiger partial charge in [0.15, 0.2) is 0 Å². The van der Waals surface area contributed by atoms with Crippen LogP contribution in [0.5, 0.6) is 0 Å². The Morgan fingerprint density at radius 1 is 1.53 bits per heavy atom. The van der Waals surface area contributed by atoms with Crippen LogP contribution in [0.4, 0.5) is 0 Å². The Kier molecular flexibility index (Phi) is 3.42. The molecule has 0 radical (unpaired) electrons. The molecule has 15 heavy (non-hydrogen) atoms. The van der Waals surface area contributed by atoms with Crippen molar-refractivity contribution in [1.29, 1.82) is 0 Å². The predicted octanol–water partition coefficient (Wildman–Crippen LogP) is 2.73. The molecule has 1 fully saturated rings. The number of nitrogens with zero attached hydrogens (tertiary/aromatic N) is 1. The summed E-state index contributed by atoms with van der Waals surface area (Å²) in [6.45, 7) is 9.01. The summed E-state index contributed by atoms with van der Waals surface area (Å²) in [4.78, 5) is 6.17. The maximum Gasteiger partial charge on any atom is 0.0934 e. The molecule has 0 aliphatic carbocycles. The number of rotatable bonds is 3. The van der Waals surface area contributed by atoms with E-state index in [0.29, 0.717) is 5.92 Å². The van der Waals surface area contributed by atoms with E-state index in [-0.39, 0.29) is 0 Å². The van der Waals surface area contributed by atoms with E-state index in [1.54, 1.807) is 0 Å². The molecule has 84 valence electrons. The standard InChI is InChI=1S/C12H20N2S/c1-8(2)12-9(3)15-11(14-12)6-10-4-5-13-7-10/h8,10,13H,4-7H2,1-3H3. The summed E-state index contributed by atoms with van der Waals surface area (Å²) in [5.41, 5.74) is 1.31. The Morgan fingerprint density at radius 2 is 2.33 bits per heavy atom. The lowest BCUT2D eigenvalue weighted by molar-refractivity contribution is 0.576. The lowest BCUT2D eigenvalue weighted by Gasteiger charge is -2.04. The smallest absolute Gasteiger partial charge is 0.0934 e. The first-order valence-corrected chi connectivity index (χ1v) is 6.65. The molecule has 1 aliphatic heterocycles. The van der Waals surface area contributed by atoms with Crippen molar-refractivity contribution in [3.05, 3.63) is 15.6 Å². The summed E-state index contributed by atoms with van der Waals surface area (Å²) in [6, 6.07) is 0. The third kappa shape index (κ3) is 2.58. The molecular formula is C12H20N2S. The molecule has 1 N–H and O–H groups in total. The number of hydrogen-bond donors (Lipinski definition) is 1. The molecule has 0 spiro atoms. The highest BCUT2D eigenvalue weighted by atomic mass is 32.1. The SMILES string of the molecule is Cc1sc(CC2CCNC2)nc1C(C)C. The van der Waals surface area contributed by atoms with E-state index >= 15 is 0 Å². The van der Waals surface area contributed by atoms with Crippen LogP contribution in [0, 0.1) is 12.8 Å². The van der Waals surface area contributed by atoms with E-state index in [2.05, 4.69) is 26.1 Å². The van der Waals surface area contributed by atoms with Gasteiger partial charge in [-0.1, -0.05) is 13.8 Å². The van der Waals surface area contributed by atoms with Crippen molar-refractivity contribution in [3.63, 3.8) is 0 Å². The van der Waals surface area contributed by atoms with Crippen molar-refractivity contribution in [2.75, 3.05) is 13.1 Å². The van der Waals surface area contributed by atoms with E-state index in [1.807, 2.05) is 11.3 Å². The molecule has 0 saturated carbocycles. The average Bonchev–Trinajstić information content (AvgIpc) is 2.75. The molecule has 2 nitrogen and oxygen atoms in total. The van der Waals surface area contributed by atoms with Gasteiger partial charge < -0.3 is 5.32 Å². The minimum Gasteiger partial charge on any atom is -0.316 e. The molecule has 0 amide bonds. The maximum absolute atomic E-state index is 4.76. The molecule has 0 aromatic carbocycles. The maximum atomic E-state index is 4.76. The summed E-state index contributed by atoms with van der Waals surface area (Å²) in [7, 11) is 0. The molecule has 1 unspecified atom stereocenters. The summed E-state index contributed by atoms with van der Waals surface area (Å²) in [5.74, 6) is 1.38. The lowest BCUT2D eigenvalue weighted by atomic mass is 10.1. The molecule has 2 heterocycles. The van der Waals surface area contributed by atoms with Crippen LogP contribution in [-0.4, -0.2) is 18.1 Å². The van der Waals surface area contributed by atoms with Crippen LogP contribution in [-0.2, 0) is 6.42 Å². The first-order valence-electron chi connectivity index (χ1n) is 5.83. The first-order chi connectivity index (χ1) is 7.16. The second-order valence-corrected chi connectivity index (χ2v) is 6.05. The van der Waals surface area contributed by atoms with Crippen LogP contribution in [0.3, 0.4) is 0 Å². The van der Waals surface area contributed by atoms with E-state index < -0.39 is 0 Å². The van der Waals surface area contributed by atoms with Gasteiger partial charge in [0, 0.05) is 11.3 Å². The summed E-state index contributed by atoms with van der Waals surface area (Å²) >= 11 is 1.89. The summed E-state index contributed by atoms with van der Waals surface area (Å²) < 4.78 is 0. The molecule has 1 aliphatic rings. The van der Waals surface area contributed by atoms with E-state index in [9.17, 15) is 0 Å². The molecule has 1 atom stereocenters. The van der Waals surface area contributed by atoms with Gasteiger partial charge in [0.2, 0.25) is 0 Å². The fourth-order valence-corrected chi connectivity index (χ4v) is 3.43. The molecule has 1 saturated heterocycles. The Balaban J connectivity index is 2.05. The Morgan fingerprint density at radius 3 is 2.87 bits per heavy atom. The predicted molar refractivity (Wildman–Crippen MR) is 65.6 cm³/mol. The second kappa shape index (κ2) is 4.62. The number of hydrogen-bond acceptors (Lipinski definition) is 3. The largest absolute Gasteiger partial charge is 0.316 e. The normalized spacial score (nSPS) is 21.5. The zero-order chi connectivity index (χ0) is 10.8. The highest BCUT2D eigenvalue weighted by molar-refractivity contribution is 7.11. The Bertz CT molecular complexity index is 324. The average molecular weight is 224 g/mol. The lowest BCUT2D eigenvalue weighted by Crippen LogP contribution is -2.10. The van der Waals surface area contributed by atoms with Gasteiger partial charge in [-0.2, -0.15) is 0 Å². The van der Waals surface area contributed by atoms with Gasteiger partial charge >= 0.3 is 0 Å². The molecule has 2 rings (SSSR count). The van der Waals surface area contributed by atoms with Crippen molar-refractivity contribution < 1.29 is 0 Å². The van der Waals surface area contributed by atoms with Crippen LogP contribution in [0.2, 0.25) is 0 Å². The minimum atomic E-state index is 0.566. The van der Waals surface area contributed by atoms with Gasteiger partial charge in [0.05, 0.1) is 10.7 Å². The summed E-state index contributed by atoms with van der Waals surface area (Å²) in [6.07, 6.45) is 2.49. The van der Waals surface area contributed by atoms with Crippen LogP contribution >= 0.6 is 11.3 Å². The fourth-order valence-electron chi connectivity index (χ4n) is 2.22. The Hall–Kier alpha value is -0.410. The van der Waals surface area contributed by atoms with Crippen LogP contribution in [0.15, 0.2) is 0 Å². The van der Waals surface area contributed by atoms with Gasteiger partial charge in [-0.3, -0.25) is 0 Å². The second-order valence-electron chi connectivity index (χ2n) is 4.77. The van der Waals surface area contributed by atoms with Gasteiger partial charge in [0.25, 0.3) is 0 Å². The van der Waals surface area contributed by atoms with E-state index in [1.165, 1.54) is 41.5 Å². The van der Waals surface area contributed by atoms with Crippen molar-refractivity contribution in [3.8, 4) is 0 Å². The van der Waals surface area contributed by atoms with Gasteiger partial charge in [-0.05, 0) is 38.3 Å².